The minimum absolute atomic E-state index is 0.0556. The van der Waals surface area contributed by atoms with Crippen LogP contribution < -0.4 is 20.1 Å². The number of carbonyl (C=O) groups is 2. The first kappa shape index (κ1) is 25.0. The van der Waals surface area contributed by atoms with Crippen LogP contribution in [0.3, 0.4) is 0 Å². The molecule has 0 unspecified atom stereocenters. The summed E-state index contributed by atoms with van der Waals surface area (Å²) in [6.07, 6.45) is 3.67. The SMILES string of the molecule is O=C1CNC(=O)C(Cc2ccc(OCc3ccccc3)cn2)(Cc2ccc(OCc3ccccc3)cn2)N1. The summed E-state index contributed by atoms with van der Waals surface area (Å²) in [5.74, 6) is 0.720. The van der Waals surface area contributed by atoms with Crippen LogP contribution in [0.5, 0.6) is 11.5 Å². The number of nitrogens with zero attached hydrogens (tertiary/aromatic N) is 2. The second kappa shape index (κ2) is 11.6. The molecule has 0 bridgehead atoms. The lowest BCUT2D eigenvalue weighted by atomic mass is 9.85. The Balaban J connectivity index is 1.26. The van der Waals surface area contributed by atoms with Crippen molar-refractivity contribution in [1.29, 1.82) is 0 Å². The summed E-state index contributed by atoms with van der Waals surface area (Å²) in [4.78, 5) is 34.4. The molecule has 2 N–H and O–H groups in total. The second-order valence-corrected chi connectivity index (χ2v) is 9.19. The molecule has 0 atom stereocenters. The molecule has 1 aliphatic heterocycles. The number of rotatable bonds is 10. The van der Waals surface area contributed by atoms with Gasteiger partial charge in [-0.2, -0.15) is 0 Å². The smallest absolute Gasteiger partial charge is 0.247 e. The van der Waals surface area contributed by atoms with E-state index in [4.69, 9.17) is 9.47 Å². The second-order valence-electron chi connectivity index (χ2n) is 9.19. The monoisotopic (exact) mass is 508 g/mol. The van der Waals surface area contributed by atoms with Crippen molar-refractivity contribution in [3.8, 4) is 11.5 Å². The minimum atomic E-state index is -1.21. The molecule has 1 saturated heterocycles. The molecule has 2 aromatic carbocycles. The fourth-order valence-corrected chi connectivity index (χ4v) is 4.31. The third-order valence-electron chi connectivity index (χ3n) is 6.28. The minimum Gasteiger partial charge on any atom is -0.487 e. The predicted octanol–water partition coefficient (Wildman–Crippen LogP) is 3.40. The van der Waals surface area contributed by atoms with Gasteiger partial charge in [-0.1, -0.05) is 60.7 Å². The van der Waals surface area contributed by atoms with E-state index in [1.807, 2.05) is 84.9 Å². The third-order valence-corrected chi connectivity index (χ3v) is 6.28. The van der Waals surface area contributed by atoms with Gasteiger partial charge in [0.05, 0.1) is 18.9 Å². The highest BCUT2D eigenvalue weighted by Crippen LogP contribution is 2.23. The number of ether oxygens (including phenoxy) is 2. The van der Waals surface area contributed by atoms with Crippen LogP contribution in [0.1, 0.15) is 22.5 Å². The fourth-order valence-electron chi connectivity index (χ4n) is 4.31. The molecule has 1 aliphatic rings. The number of piperazine rings is 1. The van der Waals surface area contributed by atoms with Gasteiger partial charge in [-0.3, -0.25) is 19.6 Å². The summed E-state index contributed by atoms with van der Waals surface area (Å²) < 4.78 is 11.6. The van der Waals surface area contributed by atoms with Gasteiger partial charge in [0.1, 0.15) is 30.3 Å². The highest BCUT2D eigenvalue weighted by Gasteiger charge is 2.44. The van der Waals surface area contributed by atoms with Gasteiger partial charge in [-0.15, -0.1) is 0 Å². The van der Waals surface area contributed by atoms with E-state index in [-0.39, 0.29) is 31.2 Å². The van der Waals surface area contributed by atoms with Crippen LogP contribution in [0, 0.1) is 0 Å². The molecule has 5 rings (SSSR count). The van der Waals surface area contributed by atoms with E-state index < -0.39 is 5.54 Å². The third kappa shape index (κ3) is 6.34. The van der Waals surface area contributed by atoms with Gasteiger partial charge in [0.15, 0.2) is 0 Å². The van der Waals surface area contributed by atoms with Gasteiger partial charge in [0.2, 0.25) is 11.8 Å². The number of pyridine rings is 2. The van der Waals surface area contributed by atoms with E-state index in [0.29, 0.717) is 36.1 Å². The van der Waals surface area contributed by atoms with E-state index in [1.165, 1.54) is 0 Å². The number of hydrogen-bond acceptors (Lipinski definition) is 6. The number of aromatic nitrogens is 2. The Hall–Kier alpha value is -4.72. The van der Waals surface area contributed by atoms with Gasteiger partial charge in [-0.25, -0.2) is 0 Å². The van der Waals surface area contributed by atoms with Crippen molar-refractivity contribution in [2.24, 2.45) is 0 Å². The van der Waals surface area contributed by atoms with Crippen LogP contribution >= 0.6 is 0 Å². The molecule has 1 fully saturated rings. The summed E-state index contributed by atoms with van der Waals surface area (Å²) >= 11 is 0. The first-order chi connectivity index (χ1) is 18.6. The number of carbonyl (C=O) groups excluding carboxylic acids is 2. The Bertz CT molecular complexity index is 1270. The molecule has 4 aromatic rings. The maximum absolute atomic E-state index is 13.1. The molecule has 0 saturated carbocycles. The quantitative estimate of drug-likeness (QED) is 0.340. The summed E-state index contributed by atoms with van der Waals surface area (Å²) in [6, 6.07) is 27.0. The molecule has 2 amide bonds. The molecule has 0 radical (unpaired) electrons. The lowest BCUT2D eigenvalue weighted by Crippen LogP contribution is -2.67. The maximum atomic E-state index is 13.1. The van der Waals surface area contributed by atoms with Crippen LogP contribution in [-0.2, 0) is 35.6 Å². The van der Waals surface area contributed by atoms with E-state index in [9.17, 15) is 9.59 Å². The van der Waals surface area contributed by atoms with E-state index in [1.54, 1.807) is 12.4 Å². The zero-order valence-electron chi connectivity index (χ0n) is 20.8. The van der Waals surface area contributed by atoms with E-state index in [0.717, 1.165) is 11.1 Å². The predicted molar refractivity (Wildman–Crippen MR) is 141 cm³/mol. The van der Waals surface area contributed by atoms with Gasteiger partial charge < -0.3 is 20.1 Å². The van der Waals surface area contributed by atoms with Crippen molar-refractivity contribution >= 4 is 11.8 Å². The first-order valence-corrected chi connectivity index (χ1v) is 12.4. The summed E-state index contributed by atoms with van der Waals surface area (Å²) in [6.45, 7) is 0.807. The summed E-state index contributed by atoms with van der Waals surface area (Å²) in [7, 11) is 0. The molecule has 38 heavy (non-hydrogen) atoms. The maximum Gasteiger partial charge on any atom is 0.247 e. The van der Waals surface area contributed by atoms with Crippen LogP contribution in [0.2, 0.25) is 0 Å². The average Bonchev–Trinajstić information content (AvgIpc) is 2.95. The molecule has 0 aliphatic carbocycles. The Morgan fingerprint density at radius 2 is 1.18 bits per heavy atom. The van der Waals surface area contributed by atoms with E-state index in [2.05, 4.69) is 20.6 Å². The zero-order valence-corrected chi connectivity index (χ0v) is 20.8. The lowest BCUT2D eigenvalue weighted by Gasteiger charge is -2.36. The average molecular weight is 509 g/mol. The highest BCUT2D eigenvalue weighted by molar-refractivity contribution is 5.98. The van der Waals surface area contributed by atoms with Gasteiger partial charge in [0.25, 0.3) is 0 Å². The number of nitrogens with one attached hydrogen (secondary N) is 2. The molecule has 192 valence electrons. The molecule has 0 spiro atoms. The Kier molecular flexibility index (Phi) is 7.59. The fraction of sp³-hybridized carbons (Fsp3) is 0.200. The van der Waals surface area contributed by atoms with Crippen molar-refractivity contribution in [2.45, 2.75) is 31.6 Å². The van der Waals surface area contributed by atoms with Gasteiger partial charge in [0, 0.05) is 24.2 Å². The Labute approximate surface area is 221 Å². The van der Waals surface area contributed by atoms with Crippen LogP contribution in [-0.4, -0.2) is 33.9 Å². The van der Waals surface area contributed by atoms with Crippen LogP contribution in [0.25, 0.3) is 0 Å². The van der Waals surface area contributed by atoms with Gasteiger partial charge >= 0.3 is 0 Å². The molecule has 8 nitrogen and oxygen atoms in total. The van der Waals surface area contributed by atoms with Crippen molar-refractivity contribution in [3.63, 3.8) is 0 Å². The largest absolute Gasteiger partial charge is 0.487 e. The normalized spacial score (nSPS) is 14.3. The zero-order chi connectivity index (χ0) is 26.2. The summed E-state index contributed by atoms with van der Waals surface area (Å²) in [5.41, 5.74) is 2.20. The number of amides is 2. The van der Waals surface area contributed by atoms with E-state index >= 15 is 0 Å². The topological polar surface area (TPSA) is 102 Å². The van der Waals surface area contributed by atoms with Crippen molar-refractivity contribution < 1.29 is 19.1 Å². The molecule has 2 aromatic heterocycles. The summed E-state index contributed by atoms with van der Waals surface area (Å²) in [5, 5.41) is 5.61. The van der Waals surface area contributed by atoms with Crippen LogP contribution in [0.15, 0.2) is 97.3 Å². The molecular formula is C30H28N4O4. The first-order valence-electron chi connectivity index (χ1n) is 12.4. The number of hydrogen-bond donors (Lipinski definition) is 2. The standard InChI is InChI=1S/C30H28N4O4/c35-28-19-33-29(36)30(34-28,15-24-11-13-26(17-31-24)37-20-22-7-3-1-4-8-22)16-25-12-14-27(18-32-25)38-21-23-9-5-2-6-10-23/h1-14,17-18H,15-16,19-21H2,(H,33,36)(H,34,35). The van der Waals surface area contributed by atoms with Crippen LogP contribution in [0.4, 0.5) is 0 Å². The van der Waals surface area contributed by atoms with Crippen molar-refractivity contribution in [2.75, 3.05) is 6.54 Å². The number of benzene rings is 2. The molecule has 8 heteroatoms. The highest BCUT2D eigenvalue weighted by atomic mass is 16.5. The Morgan fingerprint density at radius 3 is 1.63 bits per heavy atom. The molecular weight excluding hydrogens is 480 g/mol. The van der Waals surface area contributed by atoms with Crippen molar-refractivity contribution in [3.05, 3.63) is 120 Å². The van der Waals surface area contributed by atoms with Gasteiger partial charge in [-0.05, 0) is 35.4 Å². The lowest BCUT2D eigenvalue weighted by molar-refractivity contribution is -0.138. The Morgan fingerprint density at radius 1 is 0.684 bits per heavy atom. The van der Waals surface area contributed by atoms with Crippen molar-refractivity contribution in [1.82, 2.24) is 20.6 Å². The molecule has 3 heterocycles.